The van der Waals surface area contributed by atoms with E-state index in [2.05, 4.69) is 33.4 Å². The second-order valence-corrected chi connectivity index (χ2v) is 6.11. The Morgan fingerprint density at radius 2 is 2.06 bits per heavy atom. The molecule has 0 heterocycles. The van der Waals surface area contributed by atoms with E-state index in [0.29, 0.717) is 0 Å². The molecule has 1 aliphatic rings. The Morgan fingerprint density at radius 3 is 2.61 bits per heavy atom. The molecule has 0 aliphatic heterocycles. The predicted octanol–water partition coefficient (Wildman–Crippen LogP) is 2.38. The molecule has 0 aromatic heterocycles. The van der Waals surface area contributed by atoms with Crippen LogP contribution < -0.4 is 11.1 Å². The molecule has 18 heavy (non-hydrogen) atoms. The van der Waals surface area contributed by atoms with Crippen molar-refractivity contribution in [2.24, 2.45) is 5.73 Å². The summed E-state index contributed by atoms with van der Waals surface area (Å²) in [5, 5.41) is 2.99. The van der Waals surface area contributed by atoms with E-state index < -0.39 is 5.54 Å². The Labute approximate surface area is 116 Å². The van der Waals surface area contributed by atoms with Gasteiger partial charge in [0.1, 0.15) is 0 Å². The second kappa shape index (κ2) is 5.41. The van der Waals surface area contributed by atoms with Crippen LogP contribution in [0.2, 0.25) is 0 Å². The summed E-state index contributed by atoms with van der Waals surface area (Å²) in [6.45, 7) is 2.03. The zero-order valence-corrected chi connectivity index (χ0v) is 12.2. The molecule has 2 rings (SSSR count). The molecule has 4 heteroatoms. The van der Waals surface area contributed by atoms with E-state index in [4.69, 9.17) is 5.73 Å². The van der Waals surface area contributed by atoms with Crippen LogP contribution in [0.5, 0.6) is 0 Å². The third-order valence-electron chi connectivity index (χ3n) is 3.40. The maximum absolute atomic E-state index is 11.8. The summed E-state index contributed by atoms with van der Waals surface area (Å²) < 4.78 is 1.09. The fraction of sp³-hybridized carbons (Fsp3) is 0.500. The molecule has 3 nitrogen and oxygen atoms in total. The number of nitrogens with one attached hydrogen (secondary N) is 1. The standard InChI is InChI=1S/C14H19BrN2O/c1-10(17-13(18)14(16)8-9-14)2-3-11-4-6-12(15)7-5-11/h4-7,10H,2-3,8-9,16H2,1H3,(H,17,18). The van der Waals surface area contributed by atoms with E-state index in [9.17, 15) is 4.79 Å². The van der Waals surface area contributed by atoms with E-state index in [1.54, 1.807) is 0 Å². The van der Waals surface area contributed by atoms with E-state index in [1.807, 2.05) is 19.1 Å². The van der Waals surface area contributed by atoms with Crippen molar-refractivity contribution in [1.82, 2.24) is 5.32 Å². The number of carbonyl (C=O) groups excluding carboxylic acids is 1. The minimum atomic E-state index is -0.564. The van der Waals surface area contributed by atoms with Gasteiger partial charge in [0.25, 0.3) is 0 Å². The van der Waals surface area contributed by atoms with Gasteiger partial charge in [-0.2, -0.15) is 0 Å². The van der Waals surface area contributed by atoms with Gasteiger partial charge in [0.05, 0.1) is 5.54 Å². The highest BCUT2D eigenvalue weighted by atomic mass is 79.9. The van der Waals surface area contributed by atoms with Gasteiger partial charge in [0.2, 0.25) is 5.91 Å². The lowest BCUT2D eigenvalue weighted by Gasteiger charge is -2.16. The number of rotatable bonds is 5. The Hall–Kier alpha value is -0.870. The quantitative estimate of drug-likeness (QED) is 0.877. The number of hydrogen-bond donors (Lipinski definition) is 2. The number of carbonyl (C=O) groups is 1. The number of amides is 1. The molecule has 0 spiro atoms. The molecule has 1 aromatic rings. The summed E-state index contributed by atoms with van der Waals surface area (Å²) in [6, 6.07) is 8.45. The van der Waals surface area contributed by atoms with Crippen molar-refractivity contribution in [3.63, 3.8) is 0 Å². The molecular formula is C14H19BrN2O. The SMILES string of the molecule is CC(CCc1ccc(Br)cc1)NC(=O)C1(N)CC1. The lowest BCUT2D eigenvalue weighted by Crippen LogP contribution is -2.46. The van der Waals surface area contributed by atoms with Crippen LogP contribution in [0.25, 0.3) is 0 Å². The Bertz CT molecular complexity index is 426. The largest absolute Gasteiger partial charge is 0.352 e. The third-order valence-corrected chi connectivity index (χ3v) is 3.93. The maximum Gasteiger partial charge on any atom is 0.240 e. The highest BCUT2D eigenvalue weighted by Crippen LogP contribution is 2.32. The van der Waals surface area contributed by atoms with Gasteiger partial charge in [-0.3, -0.25) is 4.79 Å². The maximum atomic E-state index is 11.8. The van der Waals surface area contributed by atoms with E-state index in [-0.39, 0.29) is 11.9 Å². The molecule has 0 saturated heterocycles. The number of hydrogen-bond acceptors (Lipinski definition) is 2. The van der Waals surface area contributed by atoms with Crippen LogP contribution in [-0.2, 0) is 11.2 Å². The summed E-state index contributed by atoms with van der Waals surface area (Å²) in [5.74, 6) is 0.00538. The van der Waals surface area contributed by atoms with Gasteiger partial charge < -0.3 is 11.1 Å². The minimum absolute atomic E-state index is 0.00538. The number of nitrogens with two attached hydrogens (primary N) is 1. The van der Waals surface area contributed by atoms with Crippen molar-refractivity contribution in [1.29, 1.82) is 0 Å². The third kappa shape index (κ3) is 3.56. The first-order chi connectivity index (χ1) is 8.49. The molecule has 1 amide bonds. The van der Waals surface area contributed by atoms with Crippen LogP contribution in [0.15, 0.2) is 28.7 Å². The van der Waals surface area contributed by atoms with Gasteiger partial charge in [-0.05, 0) is 50.3 Å². The Morgan fingerprint density at radius 1 is 1.44 bits per heavy atom. The van der Waals surface area contributed by atoms with Crippen molar-refractivity contribution in [3.8, 4) is 0 Å². The van der Waals surface area contributed by atoms with Crippen LogP contribution >= 0.6 is 15.9 Å². The molecule has 1 fully saturated rings. The molecule has 1 saturated carbocycles. The van der Waals surface area contributed by atoms with Crippen LogP contribution in [0, 0.1) is 0 Å². The zero-order chi connectivity index (χ0) is 13.2. The normalized spacial score (nSPS) is 18.2. The first kappa shape index (κ1) is 13.6. The van der Waals surface area contributed by atoms with E-state index in [0.717, 1.165) is 30.2 Å². The molecule has 1 aromatic carbocycles. The Kier molecular flexibility index (Phi) is 4.07. The summed E-state index contributed by atoms with van der Waals surface area (Å²) >= 11 is 3.42. The highest BCUT2D eigenvalue weighted by molar-refractivity contribution is 9.10. The van der Waals surface area contributed by atoms with Gasteiger partial charge in [-0.1, -0.05) is 28.1 Å². The molecule has 3 N–H and O–H groups in total. The highest BCUT2D eigenvalue weighted by Gasteiger charge is 2.46. The van der Waals surface area contributed by atoms with Crippen molar-refractivity contribution >= 4 is 21.8 Å². The topological polar surface area (TPSA) is 55.1 Å². The summed E-state index contributed by atoms with van der Waals surface area (Å²) in [6.07, 6.45) is 3.53. The molecule has 1 atom stereocenters. The Balaban J connectivity index is 1.76. The zero-order valence-electron chi connectivity index (χ0n) is 10.6. The van der Waals surface area contributed by atoms with Crippen LogP contribution in [0.3, 0.4) is 0 Å². The number of aryl methyl sites for hydroxylation is 1. The van der Waals surface area contributed by atoms with Crippen LogP contribution in [0.1, 0.15) is 31.7 Å². The van der Waals surface area contributed by atoms with Gasteiger partial charge in [-0.15, -0.1) is 0 Å². The molecule has 0 radical (unpaired) electrons. The first-order valence-electron chi connectivity index (χ1n) is 6.34. The predicted molar refractivity (Wildman–Crippen MR) is 76.2 cm³/mol. The van der Waals surface area contributed by atoms with Crippen molar-refractivity contribution in [3.05, 3.63) is 34.3 Å². The van der Waals surface area contributed by atoms with Crippen molar-refractivity contribution < 1.29 is 4.79 Å². The lowest BCUT2D eigenvalue weighted by atomic mass is 10.1. The minimum Gasteiger partial charge on any atom is -0.352 e. The fourth-order valence-corrected chi connectivity index (χ4v) is 2.10. The fourth-order valence-electron chi connectivity index (χ4n) is 1.84. The summed E-state index contributed by atoms with van der Waals surface area (Å²) in [7, 11) is 0. The molecule has 98 valence electrons. The summed E-state index contributed by atoms with van der Waals surface area (Å²) in [5.41, 5.74) is 6.57. The molecule has 0 bridgehead atoms. The average molecular weight is 311 g/mol. The lowest BCUT2D eigenvalue weighted by molar-refractivity contribution is -0.123. The van der Waals surface area contributed by atoms with E-state index >= 15 is 0 Å². The summed E-state index contributed by atoms with van der Waals surface area (Å²) in [4.78, 5) is 11.8. The molecule has 1 unspecified atom stereocenters. The molecule has 1 aliphatic carbocycles. The second-order valence-electron chi connectivity index (χ2n) is 5.20. The van der Waals surface area contributed by atoms with Crippen LogP contribution in [-0.4, -0.2) is 17.5 Å². The smallest absolute Gasteiger partial charge is 0.240 e. The van der Waals surface area contributed by atoms with Gasteiger partial charge in [0, 0.05) is 10.5 Å². The van der Waals surface area contributed by atoms with Gasteiger partial charge in [0.15, 0.2) is 0 Å². The average Bonchev–Trinajstić information content (AvgIpc) is 3.08. The van der Waals surface area contributed by atoms with Gasteiger partial charge in [-0.25, -0.2) is 0 Å². The van der Waals surface area contributed by atoms with Crippen molar-refractivity contribution in [2.75, 3.05) is 0 Å². The monoisotopic (exact) mass is 310 g/mol. The number of benzene rings is 1. The molecular weight excluding hydrogens is 292 g/mol. The number of halogens is 1. The van der Waals surface area contributed by atoms with E-state index in [1.165, 1.54) is 5.56 Å². The van der Waals surface area contributed by atoms with Crippen molar-refractivity contribution in [2.45, 2.75) is 44.2 Å². The van der Waals surface area contributed by atoms with Crippen LogP contribution in [0.4, 0.5) is 0 Å². The van der Waals surface area contributed by atoms with Gasteiger partial charge >= 0.3 is 0 Å². The first-order valence-corrected chi connectivity index (χ1v) is 7.13.